The first-order valence-corrected chi connectivity index (χ1v) is 8.85. The van der Waals surface area contributed by atoms with Crippen LogP contribution in [0.2, 0.25) is 0 Å². The number of nitrogens with zero attached hydrogens (tertiary/aromatic N) is 2. The second kappa shape index (κ2) is 13.3. The lowest BCUT2D eigenvalue weighted by Gasteiger charge is -2.26. The summed E-state index contributed by atoms with van der Waals surface area (Å²) in [5.74, 6) is 0.537. The fourth-order valence-corrected chi connectivity index (χ4v) is 2.62. The summed E-state index contributed by atoms with van der Waals surface area (Å²) in [4.78, 5) is 6.90. The molecule has 1 heterocycles. The van der Waals surface area contributed by atoms with Crippen molar-refractivity contribution >= 4 is 29.9 Å². The molecule has 1 aliphatic heterocycles. The molecule has 0 saturated carbocycles. The summed E-state index contributed by atoms with van der Waals surface area (Å²) in [6.07, 6.45) is 2.24. The molecule has 0 bridgehead atoms. The molecule has 25 heavy (non-hydrogen) atoms. The van der Waals surface area contributed by atoms with Crippen molar-refractivity contribution in [2.24, 2.45) is 4.99 Å². The number of rotatable bonds is 8. The van der Waals surface area contributed by atoms with E-state index in [-0.39, 0.29) is 29.8 Å². The zero-order chi connectivity index (χ0) is 17.0. The van der Waals surface area contributed by atoms with Gasteiger partial charge >= 0.3 is 0 Å². The number of ether oxygens (including phenoxy) is 1. The zero-order valence-electron chi connectivity index (χ0n) is 15.0. The van der Waals surface area contributed by atoms with E-state index in [1.807, 2.05) is 13.0 Å². The Kier molecular flexibility index (Phi) is 11.8. The van der Waals surface area contributed by atoms with Crippen molar-refractivity contribution < 1.29 is 9.13 Å². The Hall–Kier alpha value is -0.930. The first-order valence-electron chi connectivity index (χ1n) is 8.85. The Morgan fingerprint density at radius 3 is 2.68 bits per heavy atom. The Bertz CT molecular complexity index is 510. The second-order valence-electron chi connectivity index (χ2n) is 5.87. The number of benzene rings is 1. The van der Waals surface area contributed by atoms with Gasteiger partial charge in [0.05, 0.1) is 19.8 Å². The Balaban J connectivity index is 0.00000312. The van der Waals surface area contributed by atoms with Crippen LogP contribution in [0.3, 0.4) is 0 Å². The maximum Gasteiger partial charge on any atom is 0.191 e. The molecule has 0 aliphatic carbocycles. The molecule has 2 N–H and O–H groups in total. The van der Waals surface area contributed by atoms with E-state index in [0.717, 1.165) is 64.7 Å². The minimum Gasteiger partial charge on any atom is -0.379 e. The lowest BCUT2D eigenvalue weighted by Crippen LogP contribution is -2.39. The summed E-state index contributed by atoms with van der Waals surface area (Å²) >= 11 is 0. The third kappa shape index (κ3) is 8.82. The average Bonchev–Trinajstić information content (AvgIpc) is 2.61. The maximum atomic E-state index is 13.6. The number of nitrogens with one attached hydrogen (secondary N) is 2. The number of hydrogen-bond acceptors (Lipinski definition) is 3. The van der Waals surface area contributed by atoms with E-state index in [1.54, 1.807) is 12.1 Å². The van der Waals surface area contributed by atoms with E-state index in [1.165, 1.54) is 6.07 Å². The van der Waals surface area contributed by atoms with Crippen LogP contribution in [0.5, 0.6) is 0 Å². The third-order valence-corrected chi connectivity index (χ3v) is 4.01. The zero-order valence-corrected chi connectivity index (χ0v) is 17.3. The molecule has 5 nitrogen and oxygen atoms in total. The molecular formula is C18H30FIN4O. The van der Waals surface area contributed by atoms with Crippen LogP contribution in [-0.2, 0) is 11.3 Å². The van der Waals surface area contributed by atoms with E-state index in [0.29, 0.717) is 12.1 Å². The molecule has 1 fully saturated rings. The predicted octanol–water partition coefficient (Wildman–Crippen LogP) is 2.61. The van der Waals surface area contributed by atoms with Crippen molar-refractivity contribution in [2.45, 2.75) is 26.3 Å². The highest BCUT2D eigenvalue weighted by atomic mass is 127. The van der Waals surface area contributed by atoms with Crippen LogP contribution >= 0.6 is 24.0 Å². The standard InChI is InChI=1S/C18H29FN4O.HI/c1-2-20-18(22-15-16-7-3-4-8-17(16)19)21-9-5-6-10-23-11-13-24-14-12-23;/h3-4,7-8H,2,5-6,9-15H2,1H3,(H2,20,21,22);1H. The van der Waals surface area contributed by atoms with Gasteiger partial charge in [-0.05, 0) is 32.4 Å². The second-order valence-corrected chi connectivity index (χ2v) is 5.87. The van der Waals surface area contributed by atoms with E-state index < -0.39 is 0 Å². The first-order chi connectivity index (χ1) is 11.8. The molecule has 1 aromatic carbocycles. The van der Waals surface area contributed by atoms with E-state index in [9.17, 15) is 4.39 Å². The molecule has 7 heteroatoms. The van der Waals surface area contributed by atoms with Crippen LogP contribution in [0.25, 0.3) is 0 Å². The number of hydrogen-bond donors (Lipinski definition) is 2. The largest absolute Gasteiger partial charge is 0.379 e. The number of guanidine groups is 1. The third-order valence-electron chi connectivity index (χ3n) is 4.01. The topological polar surface area (TPSA) is 48.9 Å². The van der Waals surface area contributed by atoms with Gasteiger partial charge in [0, 0.05) is 31.7 Å². The van der Waals surface area contributed by atoms with Crippen LogP contribution in [0, 0.1) is 5.82 Å². The Morgan fingerprint density at radius 2 is 1.96 bits per heavy atom. The van der Waals surface area contributed by atoms with E-state index in [4.69, 9.17) is 4.74 Å². The van der Waals surface area contributed by atoms with Crippen LogP contribution in [0.15, 0.2) is 29.3 Å². The van der Waals surface area contributed by atoms with Crippen molar-refractivity contribution in [1.29, 1.82) is 0 Å². The monoisotopic (exact) mass is 464 g/mol. The first kappa shape index (κ1) is 22.1. The van der Waals surface area contributed by atoms with Gasteiger partial charge in [0.15, 0.2) is 5.96 Å². The van der Waals surface area contributed by atoms with Crippen LogP contribution in [0.1, 0.15) is 25.3 Å². The normalized spacial score (nSPS) is 15.5. The highest BCUT2D eigenvalue weighted by Gasteiger charge is 2.09. The van der Waals surface area contributed by atoms with Crippen LogP contribution in [0.4, 0.5) is 4.39 Å². The fourth-order valence-electron chi connectivity index (χ4n) is 2.62. The number of aliphatic imine (C=N–C) groups is 1. The summed E-state index contributed by atoms with van der Waals surface area (Å²) in [7, 11) is 0. The minimum atomic E-state index is -0.206. The van der Waals surface area contributed by atoms with Crippen molar-refractivity contribution in [3.8, 4) is 0 Å². The summed E-state index contributed by atoms with van der Waals surface area (Å²) in [5.41, 5.74) is 0.613. The van der Waals surface area contributed by atoms with Gasteiger partial charge in [0.25, 0.3) is 0 Å². The molecule has 0 radical (unpaired) electrons. The maximum absolute atomic E-state index is 13.6. The van der Waals surface area contributed by atoms with Gasteiger partial charge in [0.1, 0.15) is 5.82 Å². The molecule has 1 aliphatic rings. The lowest BCUT2D eigenvalue weighted by atomic mass is 10.2. The molecule has 0 atom stereocenters. The van der Waals surface area contributed by atoms with Gasteiger partial charge in [-0.1, -0.05) is 18.2 Å². The molecule has 2 rings (SSSR count). The van der Waals surface area contributed by atoms with Crippen LogP contribution < -0.4 is 10.6 Å². The molecule has 0 spiro atoms. The molecule has 0 aromatic heterocycles. The van der Waals surface area contributed by atoms with Crippen molar-refractivity contribution in [1.82, 2.24) is 15.5 Å². The average molecular weight is 464 g/mol. The molecule has 1 saturated heterocycles. The molecule has 0 unspecified atom stereocenters. The van der Waals surface area contributed by atoms with Gasteiger partial charge < -0.3 is 15.4 Å². The predicted molar refractivity (Wildman–Crippen MR) is 111 cm³/mol. The Labute approximate surface area is 167 Å². The summed E-state index contributed by atoms with van der Waals surface area (Å²) < 4.78 is 19.0. The molecule has 1 aromatic rings. The van der Waals surface area contributed by atoms with Gasteiger partial charge in [-0.2, -0.15) is 0 Å². The molecular weight excluding hydrogens is 434 g/mol. The highest BCUT2D eigenvalue weighted by Crippen LogP contribution is 2.07. The molecule has 142 valence electrons. The number of morpholine rings is 1. The van der Waals surface area contributed by atoms with Gasteiger partial charge in [-0.25, -0.2) is 9.38 Å². The quantitative estimate of drug-likeness (QED) is 0.269. The minimum absolute atomic E-state index is 0. The van der Waals surface area contributed by atoms with Crippen LogP contribution in [-0.4, -0.2) is 56.8 Å². The number of unbranched alkanes of at least 4 members (excludes halogenated alkanes) is 1. The van der Waals surface area contributed by atoms with Crippen molar-refractivity contribution in [3.05, 3.63) is 35.6 Å². The smallest absolute Gasteiger partial charge is 0.191 e. The summed E-state index contributed by atoms with van der Waals surface area (Å²) in [6.45, 7) is 8.93. The fraction of sp³-hybridized carbons (Fsp3) is 0.611. The van der Waals surface area contributed by atoms with Gasteiger partial charge in [-0.15, -0.1) is 24.0 Å². The number of halogens is 2. The summed E-state index contributed by atoms with van der Waals surface area (Å²) in [6, 6.07) is 6.77. The van der Waals surface area contributed by atoms with Crippen molar-refractivity contribution in [3.63, 3.8) is 0 Å². The summed E-state index contributed by atoms with van der Waals surface area (Å²) in [5, 5.41) is 6.52. The van der Waals surface area contributed by atoms with E-state index >= 15 is 0 Å². The van der Waals surface area contributed by atoms with Gasteiger partial charge in [0.2, 0.25) is 0 Å². The van der Waals surface area contributed by atoms with E-state index in [2.05, 4.69) is 20.5 Å². The Morgan fingerprint density at radius 1 is 1.20 bits per heavy atom. The molecule has 0 amide bonds. The lowest BCUT2D eigenvalue weighted by molar-refractivity contribution is 0.0372. The van der Waals surface area contributed by atoms with Gasteiger partial charge in [-0.3, -0.25) is 4.90 Å². The highest BCUT2D eigenvalue weighted by molar-refractivity contribution is 14.0. The SMILES string of the molecule is CCNC(=NCc1ccccc1F)NCCCCN1CCOCC1.I. The van der Waals surface area contributed by atoms with Crippen molar-refractivity contribution in [2.75, 3.05) is 45.9 Å².